The lowest BCUT2D eigenvalue weighted by Gasteiger charge is -2.31. The number of aliphatic hydroxyl groups is 1. The van der Waals surface area contributed by atoms with Crippen molar-refractivity contribution in [2.24, 2.45) is 5.73 Å². The second-order valence-electron chi connectivity index (χ2n) is 27.9. The molecule has 2 saturated heterocycles. The SMILES string of the molecule is CCCC[C@H](NC(=O)COCCOCCNC(=O)COCCOCCNC(=O)CCCCCCCCCCCCCCC(=O)O)C(=O)N[C@H]1CCC(=O)NCCCC[C@@H](C(C)=O)NC(=O)[C@H](Cc2c[nH]c3ccccc23)NC(=O)[C@H](CCCNC(=N)N)NC(=O)[C@@H](Cc2ccccc2)NC(=O)[C@@H]2C[C@@H](O)CN2C1=O. The van der Waals surface area contributed by atoms with E-state index in [1.807, 2.05) is 31.2 Å². The average molecular weight is 1530 g/mol. The quantitative estimate of drug-likeness (QED) is 0.0220. The molecule has 2 aromatic carbocycles. The summed E-state index contributed by atoms with van der Waals surface area (Å²) in [5, 5.41) is 56.1. The first-order valence-electron chi connectivity index (χ1n) is 38.9. The summed E-state index contributed by atoms with van der Waals surface area (Å²) >= 11 is 0. The van der Waals surface area contributed by atoms with Crippen molar-refractivity contribution in [1.29, 1.82) is 5.41 Å². The number of aromatic nitrogens is 1. The van der Waals surface area contributed by atoms with Crippen molar-refractivity contribution in [1.82, 2.24) is 63.1 Å². The zero-order valence-electron chi connectivity index (χ0n) is 63.6. The van der Waals surface area contributed by atoms with Crippen molar-refractivity contribution in [3.05, 3.63) is 71.9 Å². The molecule has 8 atom stereocenters. The first kappa shape index (κ1) is 90.5. The third-order valence-corrected chi connectivity index (χ3v) is 18.8. The van der Waals surface area contributed by atoms with Crippen LogP contribution in [0.4, 0.5) is 0 Å². The van der Waals surface area contributed by atoms with Gasteiger partial charge in [-0.2, -0.15) is 0 Å². The van der Waals surface area contributed by atoms with Crippen molar-refractivity contribution in [3.63, 3.8) is 0 Å². The molecule has 10 amide bonds. The Bertz CT molecular complexity index is 3320. The number of rotatable bonds is 46. The Hall–Kier alpha value is -9.11. The number of benzene rings is 2. The van der Waals surface area contributed by atoms with E-state index in [0.717, 1.165) is 67.2 Å². The van der Waals surface area contributed by atoms with Crippen molar-refractivity contribution in [3.8, 4) is 0 Å². The number of para-hydroxylation sites is 1. The highest BCUT2D eigenvalue weighted by molar-refractivity contribution is 5.99. The number of ether oxygens (including phenoxy) is 4. The van der Waals surface area contributed by atoms with Crippen LogP contribution in [0.1, 0.15) is 185 Å². The molecule has 0 spiro atoms. The Morgan fingerprint density at radius 2 is 1.20 bits per heavy atom. The fourth-order valence-electron chi connectivity index (χ4n) is 12.8. The molecule has 0 radical (unpaired) electrons. The summed E-state index contributed by atoms with van der Waals surface area (Å²) in [5.74, 6) is -7.78. The summed E-state index contributed by atoms with van der Waals surface area (Å²) in [7, 11) is 0. The van der Waals surface area contributed by atoms with Crippen molar-refractivity contribution in [2.75, 3.05) is 85.6 Å². The molecule has 2 fully saturated rings. The number of H-pyrrole nitrogens is 1. The minimum atomic E-state index is -1.50. The first-order chi connectivity index (χ1) is 52.6. The molecular weight excluding hydrogens is 1410 g/mol. The summed E-state index contributed by atoms with van der Waals surface area (Å²) < 4.78 is 22.0. The minimum Gasteiger partial charge on any atom is -0.481 e. The van der Waals surface area contributed by atoms with Crippen LogP contribution in [0, 0.1) is 5.41 Å². The van der Waals surface area contributed by atoms with Gasteiger partial charge in [0.1, 0.15) is 49.5 Å². The maximum absolute atomic E-state index is 15.0. The number of amides is 10. The summed E-state index contributed by atoms with van der Waals surface area (Å²) in [4.78, 5) is 168. The Balaban J connectivity index is 1.13. The van der Waals surface area contributed by atoms with Crippen LogP contribution in [0.3, 0.4) is 0 Å². The number of guanidine groups is 1. The molecule has 2 aliphatic heterocycles. The van der Waals surface area contributed by atoms with Gasteiger partial charge in [-0.25, -0.2) is 0 Å². The summed E-state index contributed by atoms with van der Waals surface area (Å²) in [6.45, 7) is 3.77. The lowest BCUT2D eigenvalue weighted by Crippen LogP contribution is -2.60. The predicted octanol–water partition coefficient (Wildman–Crippen LogP) is 2.79. The Kier molecular flexibility index (Phi) is 43.9. The third kappa shape index (κ3) is 37.2. The van der Waals surface area contributed by atoms with E-state index in [9.17, 15) is 57.8 Å². The molecule has 3 heterocycles. The number of ketones is 1. The molecule has 32 nitrogen and oxygen atoms in total. The zero-order valence-corrected chi connectivity index (χ0v) is 63.6. The number of carbonyl (C=O) groups is 12. The van der Waals surface area contributed by atoms with Crippen LogP contribution in [0.15, 0.2) is 60.8 Å². The summed E-state index contributed by atoms with van der Waals surface area (Å²) in [6, 6.07) is 6.79. The molecule has 109 heavy (non-hydrogen) atoms. The lowest BCUT2D eigenvalue weighted by molar-refractivity contribution is -0.143. The van der Waals surface area contributed by atoms with Crippen molar-refractivity contribution >= 4 is 87.7 Å². The van der Waals surface area contributed by atoms with Gasteiger partial charge in [0.2, 0.25) is 59.1 Å². The molecule has 16 N–H and O–H groups in total. The zero-order chi connectivity index (χ0) is 79.0. The number of carboxylic acids is 1. The molecule has 2 aliphatic rings. The van der Waals surface area contributed by atoms with Gasteiger partial charge in [0, 0.05) is 88.3 Å². The number of unbranched alkanes of at least 4 members (excludes halogenated alkanes) is 12. The van der Waals surface area contributed by atoms with Gasteiger partial charge < -0.3 is 97.9 Å². The van der Waals surface area contributed by atoms with E-state index in [1.165, 1.54) is 32.6 Å². The van der Waals surface area contributed by atoms with Crippen LogP contribution in [-0.4, -0.2) is 231 Å². The topological polar surface area (TPSA) is 471 Å². The van der Waals surface area contributed by atoms with Crippen LogP contribution in [0.25, 0.3) is 10.9 Å². The van der Waals surface area contributed by atoms with Gasteiger partial charge in [0.15, 0.2) is 11.7 Å². The second-order valence-corrected chi connectivity index (χ2v) is 27.9. The summed E-state index contributed by atoms with van der Waals surface area (Å²) in [5.41, 5.74) is 7.61. The highest BCUT2D eigenvalue weighted by Crippen LogP contribution is 2.24. The first-order valence-corrected chi connectivity index (χ1v) is 38.9. The number of aromatic amines is 1. The van der Waals surface area contributed by atoms with Crippen LogP contribution in [0.5, 0.6) is 0 Å². The van der Waals surface area contributed by atoms with E-state index >= 15 is 4.79 Å². The van der Waals surface area contributed by atoms with Crippen LogP contribution in [0.2, 0.25) is 0 Å². The largest absolute Gasteiger partial charge is 0.481 e. The lowest BCUT2D eigenvalue weighted by atomic mass is 10.0. The number of aliphatic hydroxyl groups excluding tert-OH is 1. The molecule has 32 heteroatoms. The fourth-order valence-corrected chi connectivity index (χ4v) is 12.8. The molecule has 1 aromatic heterocycles. The second kappa shape index (κ2) is 52.9. The van der Waals surface area contributed by atoms with Crippen molar-refractivity contribution in [2.45, 2.75) is 236 Å². The van der Waals surface area contributed by atoms with Crippen LogP contribution >= 0.6 is 0 Å². The maximum atomic E-state index is 15.0. The minimum absolute atomic E-state index is 0.0147. The summed E-state index contributed by atoms with van der Waals surface area (Å²) in [6.07, 6.45) is 15.2. The van der Waals surface area contributed by atoms with Gasteiger partial charge in [0.25, 0.3) is 0 Å². The average Bonchev–Trinajstić information content (AvgIpc) is 1.68. The van der Waals surface area contributed by atoms with E-state index in [-0.39, 0.29) is 154 Å². The maximum Gasteiger partial charge on any atom is 0.303 e. The highest BCUT2D eigenvalue weighted by atomic mass is 16.5. The molecule has 5 rings (SSSR count). The normalized spacial score (nSPS) is 19.6. The monoisotopic (exact) mass is 1530 g/mol. The Labute approximate surface area is 639 Å². The van der Waals surface area contributed by atoms with Gasteiger partial charge >= 0.3 is 5.97 Å². The molecule has 0 aliphatic carbocycles. The molecular formula is C77H120N14O18. The van der Waals surface area contributed by atoms with E-state index in [1.54, 1.807) is 36.5 Å². The van der Waals surface area contributed by atoms with Gasteiger partial charge in [0.05, 0.1) is 51.8 Å². The van der Waals surface area contributed by atoms with E-state index in [4.69, 9.17) is 35.2 Å². The number of nitrogens with one attached hydrogen (secondary N) is 12. The number of hydrogen-bond acceptors (Lipinski definition) is 18. The number of aliphatic carboxylic acids is 1. The van der Waals surface area contributed by atoms with Gasteiger partial charge in [-0.05, 0) is 81.9 Å². The van der Waals surface area contributed by atoms with Crippen LogP contribution in [-0.2, 0) is 89.3 Å². The number of Topliss-reactive ketones (excluding diaryl/α,β-unsaturated/α-hetero) is 1. The number of carbonyl (C=O) groups excluding carboxylic acids is 11. The number of carboxylic acid groups (broad SMARTS) is 1. The smallest absolute Gasteiger partial charge is 0.303 e. The van der Waals surface area contributed by atoms with Gasteiger partial charge in [-0.15, -0.1) is 0 Å². The van der Waals surface area contributed by atoms with Crippen LogP contribution < -0.4 is 58.9 Å². The number of nitrogens with zero attached hydrogens (tertiary/aromatic N) is 1. The van der Waals surface area contributed by atoms with Crippen molar-refractivity contribution < 1.29 is 86.7 Å². The number of nitrogens with two attached hydrogens (primary N) is 1. The molecule has 606 valence electrons. The van der Waals surface area contributed by atoms with Gasteiger partial charge in [-0.1, -0.05) is 133 Å². The van der Waals surface area contributed by atoms with E-state index in [0.29, 0.717) is 56.4 Å². The standard InChI is InChI=1S/C77H120N14O18/c1-3-4-28-60(85-69(97)52-109-45-43-107-41-39-82-68(96)51-108-44-42-106-40-38-81-66(94)32-18-13-11-9-7-5-6-8-10-12-14-19-33-70(98)99)71(100)88-62-34-35-67(95)80-36-23-22-29-58(53(2)92)86-74(103)64(47-55-49-84-59-30-21-20-27-57(55)59)89-72(101)61(31-24-37-83-77(78)79)87-73(102)63(46-54-25-16-15-17-26-54)90-75(104)65-48-56(93)50-91(65)76(62)105/h15-17,20-21,25-27,30,49,56,58,60-65,84,93H,3-14,18-19,22-24,28-29,31-48,50-52H2,1-2H3,(H,80,95)(H,81,94)(H,82,96)(H,85,97)(H,86,103)(H,87,102)(H,88,100)(H,89,101)(H,90,104)(H,98,99)(H4,78,79,83)/t56-,58+,60+,61+,62+,63-,64+,65+/m1/s1. The number of hydrogen-bond donors (Lipinski definition) is 15. The van der Waals surface area contributed by atoms with E-state index < -0.39 is 108 Å². The Morgan fingerprint density at radius 3 is 1.85 bits per heavy atom. The molecule has 0 saturated carbocycles. The third-order valence-electron chi connectivity index (χ3n) is 18.8. The highest BCUT2D eigenvalue weighted by Gasteiger charge is 2.43. The van der Waals surface area contributed by atoms with Gasteiger partial charge in [-0.3, -0.25) is 62.9 Å². The molecule has 3 aromatic rings. The fraction of sp³-hybridized carbons (Fsp3) is 0.649. The number of fused-ring (bicyclic) bond motifs is 2. The Morgan fingerprint density at radius 1 is 0.624 bits per heavy atom. The molecule has 0 bridgehead atoms. The van der Waals surface area contributed by atoms with E-state index in [2.05, 4.69) is 58.2 Å². The predicted molar refractivity (Wildman–Crippen MR) is 407 cm³/mol. The molecule has 0 unspecified atom stereocenters.